The molecule has 0 spiro atoms. The number of nitrogens with two attached hydrogens (primary N) is 1. The Kier molecular flexibility index (Phi) is 3.53. The van der Waals surface area contributed by atoms with E-state index in [2.05, 4.69) is 10.3 Å². The van der Waals surface area contributed by atoms with Crippen LogP contribution >= 0.6 is 11.6 Å². The molecule has 18 heavy (non-hydrogen) atoms. The SMILES string of the molecule is CCn1cc(N)cc1C(=O)Nc1cnccc1Cl. The molecule has 0 aliphatic heterocycles. The summed E-state index contributed by atoms with van der Waals surface area (Å²) in [5.74, 6) is -0.261. The molecule has 0 aliphatic carbocycles. The van der Waals surface area contributed by atoms with Crippen molar-refractivity contribution >= 4 is 28.9 Å². The van der Waals surface area contributed by atoms with Crippen LogP contribution in [0.3, 0.4) is 0 Å². The molecule has 6 heteroatoms. The molecular formula is C12H13ClN4O. The quantitative estimate of drug-likeness (QED) is 0.894. The van der Waals surface area contributed by atoms with E-state index in [0.717, 1.165) is 0 Å². The van der Waals surface area contributed by atoms with Gasteiger partial charge in [0.2, 0.25) is 0 Å². The standard InChI is InChI=1S/C12H13ClN4O/c1-2-17-7-8(14)5-11(17)12(18)16-10-6-15-4-3-9(10)13/h3-7H,2,14H2,1H3,(H,16,18). The van der Waals surface area contributed by atoms with E-state index in [1.165, 1.54) is 6.20 Å². The fourth-order valence-corrected chi connectivity index (χ4v) is 1.79. The summed E-state index contributed by atoms with van der Waals surface area (Å²) >= 11 is 5.95. The maximum atomic E-state index is 12.1. The summed E-state index contributed by atoms with van der Waals surface area (Å²) in [6.45, 7) is 2.61. The second-order valence-corrected chi connectivity index (χ2v) is 4.16. The van der Waals surface area contributed by atoms with Gasteiger partial charge in [-0.15, -0.1) is 0 Å². The Morgan fingerprint density at radius 1 is 1.61 bits per heavy atom. The van der Waals surface area contributed by atoms with Gasteiger partial charge < -0.3 is 15.6 Å². The zero-order chi connectivity index (χ0) is 13.1. The predicted molar refractivity (Wildman–Crippen MR) is 71.7 cm³/mol. The average molecular weight is 265 g/mol. The lowest BCUT2D eigenvalue weighted by molar-refractivity contribution is 0.101. The number of anilines is 2. The first-order chi connectivity index (χ1) is 8.61. The first kappa shape index (κ1) is 12.4. The molecule has 0 bridgehead atoms. The van der Waals surface area contributed by atoms with Crippen LogP contribution in [0.2, 0.25) is 5.02 Å². The number of carbonyl (C=O) groups is 1. The third-order valence-corrected chi connectivity index (χ3v) is 2.84. The Labute approximate surface area is 110 Å². The van der Waals surface area contributed by atoms with E-state index >= 15 is 0 Å². The van der Waals surface area contributed by atoms with Gasteiger partial charge in [-0.25, -0.2) is 0 Å². The molecule has 1 amide bonds. The molecule has 0 radical (unpaired) electrons. The number of aryl methyl sites for hydroxylation is 1. The highest BCUT2D eigenvalue weighted by molar-refractivity contribution is 6.33. The Hall–Kier alpha value is -2.01. The van der Waals surface area contributed by atoms with Crippen LogP contribution in [0.5, 0.6) is 0 Å². The molecule has 2 aromatic rings. The van der Waals surface area contributed by atoms with Gasteiger partial charge >= 0.3 is 0 Å². The molecule has 0 aliphatic rings. The zero-order valence-corrected chi connectivity index (χ0v) is 10.6. The van der Waals surface area contributed by atoms with Crippen LogP contribution in [0, 0.1) is 0 Å². The smallest absolute Gasteiger partial charge is 0.272 e. The van der Waals surface area contributed by atoms with Gasteiger partial charge in [-0.3, -0.25) is 9.78 Å². The second-order valence-electron chi connectivity index (χ2n) is 3.75. The van der Waals surface area contributed by atoms with Gasteiger partial charge in [-0.2, -0.15) is 0 Å². The van der Waals surface area contributed by atoms with Crippen LogP contribution in [0.25, 0.3) is 0 Å². The highest BCUT2D eigenvalue weighted by Gasteiger charge is 2.13. The van der Waals surface area contributed by atoms with Crippen LogP contribution in [0.1, 0.15) is 17.4 Å². The number of nitrogens with one attached hydrogen (secondary N) is 1. The van der Waals surface area contributed by atoms with Crippen molar-refractivity contribution in [1.82, 2.24) is 9.55 Å². The number of aromatic nitrogens is 2. The van der Waals surface area contributed by atoms with Crippen molar-refractivity contribution < 1.29 is 4.79 Å². The number of hydrogen-bond donors (Lipinski definition) is 2. The summed E-state index contributed by atoms with van der Waals surface area (Å²) < 4.78 is 1.77. The summed E-state index contributed by atoms with van der Waals surface area (Å²) in [6.07, 6.45) is 4.79. The lowest BCUT2D eigenvalue weighted by Crippen LogP contribution is -2.16. The van der Waals surface area contributed by atoms with Crippen molar-refractivity contribution in [2.45, 2.75) is 13.5 Å². The van der Waals surface area contributed by atoms with Gasteiger partial charge in [0.05, 0.1) is 22.6 Å². The summed E-state index contributed by atoms with van der Waals surface area (Å²) in [6, 6.07) is 3.24. The molecular weight excluding hydrogens is 252 g/mol. The Balaban J connectivity index is 2.25. The van der Waals surface area contributed by atoms with Crippen LogP contribution in [0.15, 0.2) is 30.7 Å². The second kappa shape index (κ2) is 5.10. The van der Waals surface area contributed by atoms with Crippen LogP contribution in [-0.4, -0.2) is 15.5 Å². The molecule has 0 atom stereocenters. The molecule has 2 aromatic heterocycles. The van der Waals surface area contributed by atoms with E-state index < -0.39 is 0 Å². The lowest BCUT2D eigenvalue weighted by atomic mass is 10.3. The van der Waals surface area contributed by atoms with Crippen molar-refractivity contribution in [1.29, 1.82) is 0 Å². The highest BCUT2D eigenvalue weighted by Crippen LogP contribution is 2.20. The summed E-state index contributed by atoms with van der Waals surface area (Å²) in [5, 5.41) is 3.15. The monoisotopic (exact) mass is 264 g/mol. The normalized spacial score (nSPS) is 10.3. The molecule has 94 valence electrons. The van der Waals surface area contributed by atoms with Gasteiger partial charge in [0, 0.05) is 18.9 Å². The number of pyridine rings is 1. The number of amides is 1. The van der Waals surface area contributed by atoms with Crippen LogP contribution in [0.4, 0.5) is 11.4 Å². The molecule has 0 fully saturated rings. The van der Waals surface area contributed by atoms with Crippen LogP contribution in [-0.2, 0) is 6.54 Å². The first-order valence-corrected chi connectivity index (χ1v) is 5.86. The number of rotatable bonds is 3. The number of nitrogen functional groups attached to an aromatic ring is 1. The minimum atomic E-state index is -0.261. The van der Waals surface area contributed by atoms with E-state index in [1.54, 1.807) is 29.1 Å². The average Bonchev–Trinajstić information content (AvgIpc) is 2.73. The van der Waals surface area contributed by atoms with E-state index in [9.17, 15) is 4.79 Å². The van der Waals surface area contributed by atoms with Crippen molar-refractivity contribution in [2.24, 2.45) is 0 Å². The largest absolute Gasteiger partial charge is 0.397 e. The van der Waals surface area contributed by atoms with Crippen molar-refractivity contribution in [3.05, 3.63) is 41.4 Å². The van der Waals surface area contributed by atoms with Gasteiger partial charge in [-0.05, 0) is 19.1 Å². The first-order valence-electron chi connectivity index (χ1n) is 5.48. The minimum Gasteiger partial charge on any atom is -0.397 e. The molecule has 5 nitrogen and oxygen atoms in total. The number of hydrogen-bond acceptors (Lipinski definition) is 3. The topological polar surface area (TPSA) is 72.9 Å². The number of carbonyl (C=O) groups excluding carboxylic acids is 1. The van der Waals surface area contributed by atoms with Crippen LogP contribution < -0.4 is 11.1 Å². The summed E-state index contributed by atoms with van der Waals surface area (Å²) in [5.41, 5.74) is 7.21. The van der Waals surface area contributed by atoms with Crippen molar-refractivity contribution in [3.8, 4) is 0 Å². The number of halogens is 1. The zero-order valence-electron chi connectivity index (χ0n) is 9.85. The molecule has 0 aromatic carbocycles. The Bertz CT molecular complexity index is 579. The lowest BCUT2D eigenvalue weighted by Gasteiger charge is -2.08. The van der Waals surface area contributed by atoms with Gasteiger partial charge in [0.1, 0.15) is 5.69 Å². The molecule has 0 saturated heterocycles. The summed E-state index contributed by atoms with van der Waals surface area (Å²) in [4.78, 5) is 16.0. The predicted octanol–water partition coefficient (Wildman–Crippen LogP) is 2.39. The molecule has 0 unspecified atom stereocenters. The maximum Gasteiger partial charge on any atom is 0.272 e. The molecule has 3 N–H and O–H groups in total. The number of nitrogens with zero attached hydrogens (tertiary/aromatic N) is 2. The van der Waals surface area contributed by atoms with Gasteiger partial charge in [0.15, 0.2) is 0 Å². The highest BCUT2D eigenvalue weighted by atomic mass is 35.5. The molecule has 2 rings (SSSR count). The van der Waals surface area contributed by atoms with E-state index in [1.807, 2.05) is 6.92 Å². The van der Waals surface area contributed by atoms with E-state index in [0.29, 0.717) is 28.6 Å². The Morgan fingerprint density at radius 2 is 2.39 bits per heavy atom. The maximum absolute atomic E-state index is 12.1. The van der Waals surface area contributed by atoms with E-state index in [4.69, 9.17) is 17.3 Å². The third-order valence-electron chi connectivity index (χ3n) is 2.51. The van der Waals surface area contributed by atoms with E-state index in [-0.39, 0.29) is 5.91 Å². The molecule has 2 heterocycles. The van der Waals surface area contributed by atoms with Gasteiger partial charge in [-0.1, -0.05) is 11.6 Å². The third kappa shape index (κ3) is 2.46. The Morgan fingerprint density at radius 3 is 3.06 bits per heavy atom. The van der Waals surface area contributed by atoms with Gasteiger partial charge in [0.25, 0.3) is 5.91 Å². The summed E-state index contributed by atoms with van der Waals surface area (Å²) in [7, 11) is 0. The van der Waals surface area contributed by atoms with Crippen molar-refractivity contribution in [3.63, 3.8) is 0 Å². The molecule has 0 saturated carbocycles. The minimum absolute atomic E-state index is 0.261. The fourth-order valence-electron chi connectivity index (χ4n) is 1.64. The van der Waals surface area contributed by atoms with Crippen molar-refractivity contribution in [2.75, 3.05) is 11.1 Å². The fraction of sp³-hybridized carbons (Fsp3) is 0.167.